The maximum atomic E-state index is 12.1. The van der Waals surface area contributed by atoms with Gasteiger partial charge in [0.2, 0.25) is 0 Å². The van der Waals surface area contributed by atoms with Crippen LogP contribution in [0.2, 0.25) is 0 Å². The van der Waals surface area contributed by atoms with Crippen LogP contribution >= 0.6 is 12.1 Å². The van der Waals surface area contributed by atoms with E-state index in [4.69, 9.17) is 0 Å². The third-order valence-corrected chi connectivity index (χ3v) is 2.29. The topological polar surface area (TPSA) is 42.0 Å². The lowest BCUT2D eigenvalue weighted by Gasteiger charge is -2.03. The second-order valence-electron chi connectivity index (χ2n) is 3.07. The molecule has 1 rings (SSSR count). The molecule has 15 heavy (non-hydrogen) atoms. The second kappa shape index (κ2) is 6.40. The van der Waals surface area contributed by atoms with Crippen molar-refractivity contribution in [2.75, 3.05) is 6.54 Å². The van der Waals surface area contributed by atoms with Gasteiger partial charge in [0.1, 0.15) is 17.2 Å². The summed E-state index contributed by atoms with van der Waals surface area (Å²) in [5.74, 6) is -0.161. The van der Waals surface area contributed by atoms with Gasteiger partial charge in [0.25, 0.3) is 5.91 Å². The Kier molecular flexibility index (Phi) is 5.10. The molecule has 1 heterocycles. The molecule has 0 atom stereocenters. The first kappa shape index (κ1) is 12.0. The molecule has 0 bridgehead atoms. The first-order chi connectivity index (χ1) is 7.27. The van der Waals surface area contributed by atoms with Crippen molar-refractivity contribution in [1.29, 1.82) is 0 Å². The SMILES string of the molecule is CCCCNC(=O)c1ccc(SF)nc1. The van der Waals surface area contributed by atoms with Gasteiger partial charge in [-0.05, 0) is 18.6 Å². The molecule has 0 saturated carbocycles. The maximum Gasteiger partial charge on any atom is 0.252 e. The van der Waals surface area contributed by atoms with Crippen molar-refractivity contribution in [2.24, 2.45) is 0 Å². The lowest BCUT2D eigenvalue weighted by Crippen LogP contribution is -2.24. The minimum atomic E-state index is -0.161. The number of aromatic nitrogens is 1. The number of rotatable bonds is 5. The number of nitrogens with one attached hydrogen (secondary N) is 1. The van der Waals surface area contributed by atoms with Gasteiger partial charge in [-0.2, -0.15) is 3.89 Å². The van der Waals surface area contributed by atoms with E-state index in [-0.39, 0.29) is 23.1 Å². The summed E-state index contributed by atoms with van der Waals surface area (Å²) >= 11 is 0.0679. The van der Waals surface area contributed by atoms with Gasteiger partial charge in [0, 0.05) is 12.7 Å². The highest BCUT2D eigenvalue weighted by Crippen LogP contribution is 2.15. The number of amides is 1. The lowest BCUT2D eigenvalue weighted by atomic mass is 10.2. The van der Waals surface area contributed by atoms with Crippen molar-refractivity contribution in [2.45, 2.75) is 24.8 Å². The number of hydrogen-bond donors (Lipinski definition) is 1. The molecule has 1 N–H and O–H groups in total. The van der Waals surface area contributed by atoms with E-state index in [0.29, 0.717) is 12.1 Å². The standard InChI is InChI=1S/C10H13FN2OS/c1-2-3-6-12-10(14)8-4-5-9(15-11)13-7-8/h4-5,7H,2-3,6H2,1H3,(H,12,14). The Morgan fingerprint density at radius 1 is 1.60 bits per heavy atom. The van der Waals surface area contributed by atoms with Crippen LogP contribution in [0.1, 0.15) is 30.1 Å². The fraction of sp³-hybridized carbons (Fsp3) is 0.400. The predicted octanol–water partition coefficient (Wildman–Crippen LogP) is 2.59. The molecule has 0 unspecified atom stereocenters. The van der Waals surface area contributed by atoms with Crippen LogP contribution in [0.5, 0.6) is 0 Å². The summed E-state index contributed by atoms with van der Waals surface area (Å²) in [6.45, 7) is 2.72. The number of hydrogen-bond acceptors (Lipinski definition) is 3. The van der Waals surface area contributed by atoms with E-state index < -0.39 is 0 Å². The van der Waals surface area contributed by atoms with E-state index in [1.165, 1.54) is 12.3 Å². The zero-order valence-corrected chi connectivity index (χ0v) is 9.31. The van der Waals surface area contributed by atoms with Gasteiger partial charge in [0.15, 0.2) is 0 Å². The van der Waals surface area contributed by atoms with E-state index in [1.54, 1.807) is 6.07 Å². The smallest absolute Gasteiger partial charge is 0.252 e. The first-order valence-corrected chi connectivity index (χ1v) is 5.52. The van der Waals surface area contributed by atoms with Crippen molar-refractivity contribution in [3.05, 3.63) is 23.9 Å². The minimum Gasteiger partial charge on any atom is -0.352 e. The van der Waals surface area contributed by atoms with E-state index in [1.807, 2.05) is 0 Å². The summed E-state index contributed by atoms with van der Waals surface area (Å²) in [6.07, 6.45) is 3.37. The predicted molar refractivity (Wildman–Crippen MR) is 58.4 cm³/mol. The van der Waals surface area contributed by atoms with E-state index in [9.17, 15) is 8.68 Å². The van der Waals surface area contributed by atoms with Crippen LogP contribution in [0.25, 0.3) is 0 Å². The van der Waals surface area contributed by atoms with Gasteiger partial charge in [-0.1, -0.05) is 13.3 Å². The molecular weight excluding hydrogens is 215 g/mol. The van der Waals surface area contributed by atoms with Crippen LogP contribution in [0.4, 0.5) is 3.89 Å². The molecule has 0 aromatic carbocycles. The molecule has 0 fully saturated rings. The van der Waals surface area contributed by atoms with Crippen molar-refractivity contribution in [3.8, 4) is 0 Å². The summed E-state index contributed by atoms with van der Waals surface area (Å²) < 4.78 is 12.1. The average Bonchev–Trinajstić information content (AvgIpc) is 2.29. The lowest BCUT2D eigenvalue weighted by molar-refractivity contribution is 0.0952. The van der Waals surface area contributed by atoms with E-state index in [2.05, 4.69) is 17.2 Å². The van der Waals surface area contributed by atoms with Crippen molar-refractivity contribution < 1.29 is 8.68 Å². The summed E-state index contributed by atoms with van der Waals surface area (Å²) in [6, 6.07) is 3.05. The number of halogens is 1. The van der Waals surface area contributed by atoms with Crippen LogP contribution in [-0.2, 0) is 0 Å². The Balaban J connectivity index is 2.50. The highest BCUT2D eigenvalue weighted by atomic mass is 32.2. The first-order valence-electron chi connectivity index (χ1n) is 4.80. The number of carbonyl (C=O) groups is 1. The summed E-state index contributed by atoms with van der Waals surface area (Å²) in [5, 5.41) is 3.02. The van der Waals surface area contributed by atoms with E-state index >= 15 is 0 Å². The molecule has 0 aliphatic rings. The van der Waals surface area contributed by atoms with Crippen molar-refractivity contribution in [3.63, 3.8) is 0 Å². The Labute approximate surface area is 92.8 Å². The molecule has 1 aromatic rings. The second-order valence-corrected chi connectivity index (χ2v) is 3.64. The summed E-state index contributed by atoms with van der Waals surface area (Å²) in [5.41, 5.74) is 0.462. The van der Waals surface area contributed by atoms with Crippen molar-refractivity contribution in [1.82, 2.24) is 10.3 Å². The molecule has 1 amide bonds. The van der Waals surface area contributed by atoms with Gasteiger partial charge < -0.3 is 5.32 Å². The Morgan fingerprint density at radius 3 is 2.93 bits per heavy atom. The maximum absolute atomic E-state index is 12.1. The number of nitrogens with zero attached hydrogens (tertiary/aromatic N) is 1. The highest BCUT2D eigenvalue weighted by Gasteiger charge is 2.05. The van der Waals surface area contributed by atoms with Crippen LogP contribution in [0.3, 0.4) is 0 Å². The minimum absolute atomic E-state index is 0.0679. The zero-order valence-electron chi connectivity index (χ0n) is 8.50. The quantitative estimate of drug-likeness (QED) is 0.788. The normalized spacial score (nSPS) is 10.0. The van der Waals surface area contributed by atoms with Gasteiger partial charge in [-0.15, -0.1) is 0 Å². The Bertz CT molecular complexity index is 316. The zero-order chi connectivity index (χ0) is 11.1. The van der Waals surface area contributed by atoms with Crippen LogP contribution in [0.15, 0.2) is 23.4 Å². The monoisotopic (exact) mass is 228 g/mol. The summed E-state index contributed by atoms with van der Waals surface area (Å²) in [7, 11) is 0. The van der Waals surface area contributed by atoms with Crippen LogP contribution in [0, 0.1) is 0 Å². The molecule has 0 radical (unpaired) electrons. The third-order valence-electron chi connectivity index (χ3n) is 1.89. The average molecular weight is 228 g/mol. The van der Waals surface area contributed by atoms with Gasteiger partial charge in [-0.25, -0.2) is 4.98 Å². The largest absolute Gasteiger partial charge is 0.352 e. The molecule has 0 spiro atoms. The molecule has 0 saturated heterocycles. The molecule has 3 nitrogen and oxygen atoms in total. The molecular formula is C10H13FN2OS. The van der Waals surface area contributed by atoms with Gasteiger partial charge >= 0.3 is 0 Å². The van der Waals surface area contributed by atoms with Crippen LogP contribution < -0.4 is 5.32 Å². The van der Waals surface area contributed by atoms with Crippen LogP contribution in [-0.4, -0.2) is 17.4 Å². The number of pyridine rings is 1. The Morgan fingerprint density at radius 2 is 2.40 bits per heavy atom. The van der Waals surface area contributed by atoms with Gasteiger partial charge in [0.05, 0.1) is 5.56 Å². The molecule has 0 aliphatic carbocycles. The Hall–Kier alpha value is -1.10. The fourth-order valence-electron chi connectivity index (χ4n) is 1.04. The molecule has 0 aliphatic heterocycles. The highest BCUT2D eigenvalue weighted by molar-refractivity contribution is 7.94. The molecule has 1 aromatic heterocycles. The summed E-state index contributed by atoms with van der Waals surface area (Å²) in [4.78, 5) is 15.2. The van der Waals surface area contributed by atoms with Crippen molar-refractivity contribution >= 4 is 18.1 Å². The number of carbonyl (C=O) groups excluding carboxylic acids is 1. The molecule has 82 valence electrons. The van der Waals surface area contributed by atoms with Gasteiger partial charge in [-0.3, -0.25) is 4.79 Å². The van der Waals surface area contributed by atoms with E-state index in [0.717, 1.165) is 12.8 Å². The number of unbranched alkanes of at least 4 members (excludes halogenated alkanes) is 1. The third kappa shape index (κ3) is 3.87. The fourth-order valence-corrected chi connectivity index (χ4v) is 1.25. The molecule has 5 heteroatoms.